The van der Waals surface area contributed by atoms with Gasteiger partial charge in [0.25, 0.3) is 11.4 Å². The van der Waals surface area contributed by atoms with Crippen LogP contribution in [0.4, 0.5) is 4.39 Å². The Morgan fingerprint density at radius 1 is 1.38 bits per heavy atom. The van der Waals surface area contributed by atoms with E-state index in [1.807, 2.05) is 0 Å². The van der Waals surface area contributed by atoms with E-state index in [0.29, 0.717) is 0 Å². The molecule has 26 heavy (non-hydrogen) atoms. The molecule has 6 N–H and O–H groups in total. The minimum atomic E-state index is -5.43. The Labute approximate surface area is 148 Å². The molecule has 1 unspecified atom stereocenters. The summed E-state index contributed by atoms with van der Waals surface area (Å²) in [6, 6.07) is 0.975. The van der Waals surface area contributed by atoms with Crippen molar-refractivity contribution in [1.29, 1.82) is 0 Å². The third kappa shape index (κ3) is 4.91. The number of phosphoric acid groups is 2. The molecule has 1 fully saturated rings. The number of nitrogens with zero attached hydrogens (tertiary/aromatic N) is 1. The van der Waals surface area contributed by atoms with Gasteiger partial charge in [0.05, 0.1) is 0 Å². The van der Waals surface area contributed by atoms with Crippen LogP contribution in [-0.4, -0.2) is 59.1 Å². The van der Waals surface area contributed by atoms with Crippen molar-refractivity contribution < 1.29 is 52.0 Å². The highest BCUT2D eigenvalue weighted by Crippen LogP contribution is 2.58. The lowest BCUT2D eigenvalue weighted by atomic mass is 10.1. The van der Waals surface area contributed by atoms with Gasteiger partial charge in [0.15, 0.2) is 11.0 Å². The smallest absolute Gasteiger partial charge is 0.385 e. The molecule has 5 atom stereocenters. The van der Waals surface area contributed by atoms with Crippen LogP contribution in [0, 0.1) is 4.77 Å². The average Bonchev–Trinajstić information content (AvgIpc) is 2.68. The van der Waals surface area contributed by atoms with E-state index in [1.165, 1.54) is 0 Å². The fourth-order valence-corrected chi connectivity index (χ4v) is 3.92. The fraction of sp³-hybridized carbons (Fsp3) is 0.556. The predicted octanol–water partition coefficient (Wildman–Crippen LogP) is -0.951. The van der Waals surface area contributed by atoms with Gasteiger partial charge in [-0.25, -0.2) is 13.5 Å². The molecule has 0 aliphatic carbocycles. The third-order valence-corrected chi connectivity index (χ3v) is 5.58. The molecule has 0 bridgehead atoms. The summed E-state index contributed by atoms with van der Waals surface area (Å²) in [4.78, 5) is 39.4. The van der Waals surface area contributed by atoms with Gasteiger partial charge in [0.2, 0.25) is 0 Å². The molecule has 13 nitrogen and oxygen atoms in total. The number of H-pyrrole nitrogens is 1. The maximum atomic E-state index is 14.7. The van der Waals surface area contributed by atoms with Gasteiger partial charge in [0.1, 0.15) is 18.8 Å². The van der Waals surface area contributed by atoms with E-state index < -0.39 is 52.1 Å². The van der Waals surface area contributed by atoms with Crippen LogP contribution in [0.2, 0.25) is 0 Å². The van der Waals surface area contributed by atoms with Gasteiger partial charge in [-0.05, 0) is 12.2 Å². The minimum absolute atomic E-state index is 0.281. The van der Waals surface area contributed by atoms with Crippen LogP contribution in [0.25, 0.3) is 0 Å². The molecule has 1 aliphatic rings. The Hall–Kier alpha value is -0.830. The van der Waals surface area contributed by atoms with Crippen LogP contribution >= 0.6 is 27.9 Å². The number of alkyl halides is 1. The SMILES string of the molecule is O=c1ccn([C@@H]2O[C@](F)(COP(=O)(O)OP(=O)(O)O)[C@@H](O)[C@H]2O)c(=S)[nH]1. The van der Waals surface area contributed by atoms with Gasteiger partial charge in [-0.2, -0.15) is 4.31 Å². The Kier molecular flexibility index (Phi) is 6.03. The number of aromatic nitrogens is 2. The molecule has 2 rings (SSSR count). The number of hydrogen-bond acceptors (Lipinski definition) is 9. The molecule has 0 radical (unpaired) electrons. The maximum absolute atomic E-state index is 14.7. The van der Waals surface area contributed by atoms with Gasteiger partial charge in [-0.1, -0.05) is 0 Å². The number of aliphatic hydroxyl groups is 2. The maximum Gasteiger partial charge on any atom is 0.481 e. The number of rotatable bonds is 6. The molecular formula is C9H13FN2O11P2S. The van der Waals surface area contributed by atoms with Crippen LogP contribution < -0.4 is 5.56 Å². The van der Waals surface area contributed by atoms with Gasteiger partial charge >= 0.3 is 15.6 Å². The summed E-state index contributed by atoms with van der Waals surface area (Å²) in [5.41, 5.74) is -0.593. The first-order valence-electron chi connectivity index (χ1n) is 6.53. The monoisotopic (exact) mass is 438 g/mol. The normalized spacial score (nSPS) is 31.7. The van der Waals surface area contributed by atoms with Crippen molar-refractivity contribution >= 4 is 27.9 Å². The Morgan fingerprint density at radius 3 is 2.54 bits per heavy atom. The summed E-state index contributed by atoms with van der Waals surface area (Å²) in [5, 5.41) is 19.7. The van der Waals surface area contributed by atoms with Crippen LogP contribution in [0.1, 0.15) is 6.23 Å². The van der Waals surface area contributed by atoms with Gasteiger partial charge < -0.3 is 29.6 Å². The lowest BCUT2D eigenvalue weighted by Gasteiger charge is -2.24. The zero-order chi connectivity index (χ0) is 19.9. The van der Waals surface area contributed by atoms with Crippen molar-refractivity contribution in [3.05, 3.63) is 27.4 Å². The Morgan fingerprint density at radius 2 is 2.00 bits per heavy atom. The largest absolute Gasteiger partial charge is 0.481 e. The summed E-state index contributed by atoms with van der Waals surface area (Å²) >= 11 is 4.82. The molecule has 0 spiro atoms. The first kappa shape index (κ1) is 21.5. The van der Waals surface area contributed by atoms with Crippen molar-refractivity contribution in [3.8, 4) is 0 Å². The zero-order valence-corrected chi connectivity index (χ0v) is 15.0. The van der Waals surface area contributed by atoms with Crippen LogP contribution in [0.15, 0.2) is 17.1 Å². The Balaban J connectivity index is 2.19. The molecule has 0 saturated carbocycles. The number of halogens is 1. The molecule has 148 valence electrons. The van der Waals surface area contributed by atoms with Crippen molar-refractivity contribution in [1.82, 2.24) is 9.55 Å². The molecule has 1 saturated heterocycles. The molecular weight excluding hydrogens is 425 g/mol. The molecule has 0 amide bonds. The highest BCUT2D eigenvalue weighted by atomic mass is 32.1. The summed E-state index contributed by atoms with van der Waals surface area (Å²) in [7, 11) is -10.8. The van der Waals surface area contributed by atoms with E-state index in [9.17, 15) is 28.5 Å². The molecule has 1 aromatic rings. The number of aliphatic hydroxyl groups excluding tert-OH is 2. The van der Waals surface area contributed by atoms with Crippen LogP contribution in [-0.2, 0) is 22.7 Å². The molecule has 2 heterocycles. The van der Waals surface area contributed by atoms with Gasteiger partial charge in [-0.15, -0.1) is 0 Å². The predicted molar refractivity (Wildman–Crippen MR) is 80.8 cm³/mol. The lowest BCUT2D eigenvalue weighted by molar-refractivity contribution is -0.204. The summed E-state index contributed by atoms with van der Waals surface area (Å²) in [5.74, 6) is -3.27. The standard InChI is InChI=1S/C9H13FN2O11P2S/c10-9(3-21-25(19,20)23-24(16,17)18)6(15)5(14)7(22-9)12-2-1-4(13)11-8(12)26/h1-2,5-7,14-15H,3H2,(H,19,20)(H,11,13,26)(H2,16,17,18)/t5-,6+,7-,9-/m1/s1. The number of aromatic amines is 1. The van der Waals surface area contributed by atoms with E-state index in [2.05, 4.69) is 13.8 Å². The number of phosphoric ester groups is 1. The van der Waals surface area contributed by atoms with Gasteiger partial charge in [-0.3, -0.25) is 18.9 Å². The summed E-state index contributed by atoms with van der Waals surface area (Å²) in [6.45, 7) is -1.54. The first-order valence-corrected chi connectivity index (χ1v) is 9.96. The minimum Gasteiger partial charge on any atom is -0.385 e. The highest BCUT2D eigenvalue weighted by Gasteiger charge is 2.57. The first-order chi connectivity index (χ1) is 11.7. The molecule has 0 aromatic carbocycles. The number of ether oxygens (including phenoxy) is 1. The quantitative estimate of drug-likeness (QED) is 0.235. The molecule has 17 heteroatoms. The van der Waals surface area contributed by atoms with E-state index >= 15 is 0 Å². The van der Waals surface area contributed by atoms with Crippen LogP contribution in [0.5, 0.6) is 0 Å². The van der Waals surface area contributed by atoms with Gasteiger partial charge in [0, 0.05) is 12.3 Å². The second-order valence-corrected chi connectivity index (χ2v) is 8.28. The summed E-state index contributed by atoms with van der Waals surface area (Å²) < 4.78 is 49.6. The van der Waals surface area contributed by atoms with Crippen molar-refractivity contribution in [2.75, 3.05) is 6.61 Å². The van der Waals surface area contributed by atoms with Crippen molar-refractivity contribution in [3.63, 3.8) is 0 Å². The second-order valence-electron chi connectivity index (χ2n) is 5.06. The topological polar surface area (TPSA) is 201 Å². The van der Waals surface area contributed by atoms with E-state index in [1.54, 1.807) is 0 Å². The Bertz CT molecular complexity index is 885. The van der Waals surface area contributed by atoms with Crippen molar-refractivity contribution in [2.45, 2.75) is 24.3 Å². The van der Waals surface area contributed by atoms with E-state index in [0.717, 1.165) is 16.8 Å². The number of hydrogen-bond donors (Lipinski definition) is 6. The number of nitrogens with one attached hydrogen (secondary N) is 1. The molecule has 1 aromatic heterocycles. The second kappa shape index (κ2) is 7.30. The zero-order valence-electron chi connectivity index (χ0n) is 12.4. The molecule has 1 aliphatic heterocycles. The van der Waals surface area contributed by atoms with E-state index in [4.69, 9.17) is 31.6 Å². The lowest BCUT2D eigenvalue weighted by Crippen LogP contribution is -2.42. The van der Waals surface area contributed by atoms with Crippen molar-refractivity contribution in [2.24, 2.45) is 0 Å². The van der Waals surface area contributed by atoms with E-state index in [-0.39, 0.29) is 4.77 Å². The summed E-state index contributed by atoms with van der Waals surface area (Å²) in [6.07, 6.45) is -4.86. The highest BCUT2D eigenvalue weighted by molar-refractivity contribution is 7.71. The van der Waals surface area contributed by atoms with Crippen LogP contribution in [0.3, 0.4) is 0 Å². The fourth-order valence-electron chi connectivity index (χ4n) is 2.05. The third-order valence-electron chi connectivity index (χ3n) is 3.13. The average molecular weight is 438 g/mol.